The summed E-state index contributed by atoms with van der Waals surface area (Å²) in [5, 5.41) is 6.76. The second-order valence-electron chi connectivity index (χ2n) is 3.16. The van der Waals surface area contributed by atoms with Crippen molar-refractivity contribution >= 4 is 45.4 Å². The predicted octanol–water partition coefficient (Wildman–Crippen LogP) is 3.64. The molecular formula is C10H9Cl2N3S. The highest BCUT2D eigenvalue weighted by molar-refractivity contribution is 7.13. The number of hydrogen-bond acceptors (Lipinski definition) is 4. The molecule has 3 nitrogen and oxygen atoms in total. The lowest BCUT2D eigenvalue weighted by Gasteiger charge is -2.05. The van der Waals surface area contributed by atoms with E-state index in [2.05, 4.69) is 10.3 Å². The van der Waals surface area contributed by atoms with Gasteiger partial charge >= 0.3 is 0 Å². The molecule has 0 unspecified atom stereocenters. The lowest BCUT2D eigenvalue weighted by atomic mass is 10.3. The average molecular weight is 274 g/mol. The fourth-order valence-electron chi connectivity index (χ4n) is 1.20. The van der Waals surface area contributed by atoms with E-state index in [0.29, 0.717) is 21.7 Å². The van der Waals surface area contributed by atoms with Crippen molar-refractivity contribution < 1.29 is 0 Å². The summed E-state index contributed by atoms with van der Waals surface area (Å²) >= 11 is 13.1. The maximum absolute atomic E-state index is 5.89. The van der Waals surface area contributed by atoms with Gasteiger partial charge in [-0.15, -0.1) is 11.3 Å². The van der Waals surface area contributed by atoms with Crippen LogP contribution in [0.5, 0.6) is 0 Å². The molecule has 1 aromatic heterocycles. The Morgan fingerprint density at radius 2 is 2.12 bits per heavy atom. The van der Waals surface area contributed by atoms with Crippen molar-refractivity contribution in [2.45, 2.75) is 6.54 Å². The van der Waals surface area contributed by atoms with Gasteiger partial charge in [0.1, 0.15) is 0 Å². The van der Waals surface area contributed by atoms with Crippen LogP contribution in [0.2, 0.25) is 10.0 Å². The second kappa shape index (κ2) is 4.91. The molecule has 1 aromatic carbocycles. The molecule has 16 heavy (non-hydrogen) atoms. The number of hydrogen-bond donors (Lipinski definition) is 2. The third-order valence-electron chi connectivity index (χ3n) is 1.96. The maximum atomic E-state index is 5.89. The van der Waals surface area contributed by atoms with Crippen molar-refractivity contribution in [3.05, 3.63) is 39.3 Å². The Morgan fingerprint density at radius 3 is 2.75 bits per heavy atom. The number of nitrogens with zero attached hydrogens (tertiary/aromatic N) is 1. The van der Waals surface area contributed by atoms with Crippen LogP contribution < -0.4 is 11.1 Å². The first kappa shape index (κ1) is 11.5. The van der Waals surface area contributed by atoms with Gasteiger partial charge in [0.2, 0.25) is 0 Å². The van der Waals surface area contributed by atoms with E-state index in [4.69, 9.17) is 28.9 Å². The van der Waals surface area contributed by atoms with E-state index >= 15 is 0 Å². The van der Waals surface area contributed by atoms with Gasteiger partial charge in [0.25, 0.3) is 0 Å². The Hall–Kier alpha value is -0.970. The zero-order chi connectivity index (χ0) is 11.5. The van der Waals surface area contributed by atoms with Crippen molar-refractivity contribution in [3.63, 3.8) is 0 Å². The smallest absolute Gasteiger partial charge is 0.180 e. The first-order valence-electron chi connectivity index (χ1n) is 4.54. The van der Waals surface area contributed by atoms with Crippen molar-refractivity contribution in [2.24, 2.45) is 0 Å². The zero-order valence-corrected chi connectivity index (χ0v) is 10.5. The molecule has 6 heteroatoms. The number of aromatic nitrogens is 1. The molecule has 0 atom stereocenters. The summed E-state index contributed by atoms with van der Waals surface area (Å²) in [5.74, 6) is 0. The van der Waals surface area contributed by atoms with Crippen LogP contribution in [0.25, 0.3) is 0 Å². The quantitative estimate of drug-likeness (QED) is 0.898. The molecule has 0 bridgehead atoms. The molecule has 0 spiro atoms. The molecule has 2 rings (SSSR count). The highest BCUT2D eigenvalue weighted by Crippen LogP contribution is 2.25. The van der Waals surface area contributed by atoms with Gasteiger partial charge in [-0.05, 0) is 18.2 Å². The lowest BCUT2D eigenvalue weighted by molar-refractivity contribution is 1.08. The van der Waals surface area contributed by atoms with E-state index < -0.39 is 0 Å². The number of nitrogen functional groups attached to an aromatic ring is 1. The topological polar surface area (TPSA) is 50.9 Å². The normalized spacial score (nSPS) is 10.4. The summed E-state index contributed by atoms with van der Waals surface area (Å²) < 4.78 is 0. The van der Waals surface area contributed by atoms with E-state index in [1.54, 1.807) is 12.1 Å². The van der Waals surface area contributed by atoms with E-state index in [-0.39, 0.29) is 0 Å². The van der Waals surface area contributed by atoms with Gasteiger partial charge < -0.3 is 11.1 Å². The Morgan fingerprint density at radius 1 is 1.31 bits per heavy atom. The minimum Gasteiger partial charge on any atom is -0.379 e. The van der Waals surface area contributed by atoms with E-state index in [1.165, 1.54) is 11.3 Å². The molecule has 0 radical (unpaired) electrons. The summed E-state index contributed by atoms with van der Waals surface area (Å²) in [4.78, 5) is 4.14. The van der Waals surface area contributed by atoms with Crippen molar-refractivity contribution in [2.75, 3.05) is 11.1 Å². The third kappa shape index (κ3) is 2.78. The molecule has 0 fully saturated rings. The fraction of sp³-hybridized carbons (Fsp3) is 0.100. The van der Waals surface area contributed by atoms with Crippen LogP contribution in [0.4, 0.5) is 10.8 Å². The molecule has 0 aliphatic rings. The maximum Gasteiger partial charge on any atom is 0.180 e. The number of nitrogens with two attached hydrogens (primary N) is 1. The van der Waals surface area contributed by atoms with Gasteiger partial charge in [-0.2, -0.15) is 0 Å². The number of anilines is 2. The standard InChI is InChI=1S/C10H9Cl2N3S/c11-8-2-1-6(3-9(8)12)14-4-7-5-16-10(13)15-7/h1-3,5,14H,4H2,(H2,13,15). The molecule has 84 valence electrons. The van der Waals surface area contributed by atoms with Gasteiger partial charge in [-0.1, -0.05) is 23.2 Å². The summed E-state index contributed by atoms with van der Waals surface area (Å²) in [6.07, 6.45) is 0. The number of rotatable bonds is 3. The Balaban J connectivity index is 2.02. The summed E-state index contributed by atoms with van der Waals surface area (Å²) in [5.41, 5.74) is 7.35. The number of nitrogens with one attached hydrogen (secondary N) is 1. The minimum absolute atomic E-state index is 0.532. The molecule has 2 aromatic rings. The predicted molar refractivity (Wildman–Crippen MR) is 70.3 cm³/mol. The van der Waals surface area contributed by atoms with Gasteiger partial charge in [0.05, 0.1) is 22.3 Å². The van der Waals surface area contributed by atoms with Crippen molar-refractivity contribution in [3.8, 4) is 0 Å². The van der Waals surface area contributed by atoms with Crippen LogP contribution in [0.1, 0.15) is 5.69 Å². The minimum atomic E-state index is 0.532. The molecule has 0 amide bonds. The third-order valence-corrected chi connectivity index (χ3v) is 3.42. The van der Waals surface area contributed by atoms with E-state index in [1.807, 2.05) is 11.4 Å². The SMILES string of the molecule is Nc1nc(CNc2ccc(Cl)c(Cl)c2)cs1. The van der Waals surface area contributed by atoms with Gasteiger partial charge in [-0.3, -0.25) is 0 Å². The van der Waals surface area contributed by atoms with Gasteiger partial charge in [0.15, 0.2) is 5.13 Å². The summed E-state index contributed by atoms with van der Waals surface area (Å²) in [7, 11) is 0. The molecule has 1 heterocycles. The largest absolute Gasteiger partial charge is 0.379 e. The van der Waals surface area contributed by atoms with Crippen LogP contribution in [-0.2, 0) is 6.54 Å². The number of halogens is 2. The first-order chi connectivity index (χ1) is 7.65. The van der Waals surface area contributed by atoms with Crippen LogP contribution in [-0.4, -0.2) is 4.98 Å². The Bertz CT molecular complexity index is 499. The van der Waals surface area contributed by atoms with Crippen LogP contribution >= 0.6 is 34.5 Å². The van der Waals surface area contributed by atoms with E-state index in [0.717, 1.165) is 11.4 Å². The molecule has 3 N–H and O–H groups in total. The number of benzene rings is 1. The molecule has 0 saturated carbocycles. The first-order valence-corrected chi connectivity index (χ1v) is 6.17. The van der Waals surface area contributed by atoms with Crippen LogP contribution in [0, 0.1) is 0 Å². The fourth-order valence-corrected chi connectivity index (χ4v) is 2.06. The second-order valence-corrected chi connectivity index (χ2v) is 4.86. The summed E-state index contributed by atoms with van der Waals surface area (Å²) in [6, 6.07) is 5.39. The number of thiazole rings is 1. The molecular weight excluding hydrogens is 265 g/mol. The molecule has 0 saturated heterocycles. The highest BCUT2D eigenvalue weighted by Gasteiger charge is 2.01. The monoisotopic (exact) mass is 273 g/mol. The average Bonchev–Trinajstić information content (AvgIpc) is 2.66. The van der Waals surface area contributed by atoms with Crippen molar-refractivity contribution in [1.82, 2.24) is 4.98 Å². The lowest BCUT2D eigenvalue weighted by Crippen LogP contribution is -1.99. The molecule has 0 aliphatic heterocycles. The Kier molecular flexibility index (Phi) is 3.53. The molecule has 0 aliphatic carbocycles. The zero-order valence-electron chi connectivity index (χ0n) is 8.21. The van der Waals surface area contributed by atoms with Crippen molar-refractivity contribution in [1.29, 1.82) is 0 Å². The Labute approximate surface area is 107 Å². The van der Waals surface area contributed by atoms with E-state index in [9.17, 15) is 0 Å². The van der Waals surface area contributed by atoms with Gasteiger partial charge in [-0.25, -0.2) is 4.98 Å². The van der Waals surface area contributed by atoms with Gasteiger partial charge in [0, 0.05) is 11.1 Å². The van der Waals surface area contributed by atoms with Crippen LogP contribution in [0.15, 0.2) is 23.6 Å². The van der Waals surface area contributed by atoms with Crippen LogP contribution in [0.3, 0.4) is 0 Å². The summed E-state index contributed by atoms with van der Waals surface area (Å²) in [6.45, 7) is 0.617. The highest BCUT2D eigenvalue weighted by atomic mass is 35.5.